The molecule has 1 heterocycles. The molecule has 2 amide bonds. The van der Waals surface area contributed by atoms with Gasteiger partial charge in [0.25, 0.3) is 0 Å². The smallest absolute Gasteiger partial charge is 0.322 e. The van der Waals surface area contributed by atoms with Crippen molar-refractivity contribution in [2.24, 2.45) is 0 Å². The molecule has 0 aromatic heterocycles. The third kappa shape index (κ3) is 2.60. The van der Waals surface area contributed by atoms with Gasteiger partial charge in [0, 0.05) is 6.04 Å². The SMILES string of the molecule is CC1COc2ccccc2N1C(=O)NC1CCCCC1. The Labute approximate surface area is 120 Å². The quantitative estimate of drug-likeness (QED) is 0.853. The standard InChI is InChI=1S/C16H22N2O2/c1-12-11-20-15-10-6-5-9-14(15)18(12)16(19)17-13-7-3-2-4-8-13/h5-6,9-10,12-13H,2-4,7-8,11H2,1H3,(H,17,19). The van der Waals surface area contributed by atoms with Crippen molar-refractivity contribution >= 4 is 11.7 Å². The fourth-order valence-electron chi connectivity index (χ4n) is 3.10. The first-order valence-electron chi connectivity index (χ1n) is 7.57. The summed E-state index contributed by atoms with van der Waals surface area (Å²) in [6.45, 7) is 2.57. The van der Waals surface area contributed by atoms with Crippen LogP contribution in [0.1, 0.15) is 39.0 Å². The molecule has 20 heavy (non-hydrogen) atoms. The zero-order valence-corrected chi connectivity index (χ0v) is 12.0. The Kier molecular flexibility index (Phi) is 3.81. The monoisotopic (exact) mass is 274 g/mol. The van der Waals surface area contributed by atoms with Crippen LogP contribution in [-0.4, -0.2) is 24.7 Å². The number of urea groups is 1. The van der Waals surface area contributed by atoms with Crippen LogP contribution in [0.5, 0.6) is 5.75 Å². The first-order valence-corrected chi connectivity index (χ1v) is 7.57. The zero-order chi connectivity index (χ0) is 13.9. The predicted octanol–water partition coefficient (Wildman–Crippen LogP) is 3.32. The molecule has 1 aliphatic carbocycles. The average molecular weight is 274 g/mol. The highest BCUT2D eigenvalue weighted by molar-refractivity contribution is 5.94. The van der Waals surface area contributed by atoms with Crippen molar-refractivity contribution in [3.63, 3.8) is 0 Å². The Bertz CT molecular complexity index is 483. The Hall–Kier alpha value is -1.71. The number of carbonyl (C=O) groups is 1. The van der Waals surface area contributed by atoms with Crippen LogP contribution in [0.2, 0.25) is 0 Å². The fraction of sp³-hybridized carbons (Fsp3) is 0.562. The summed E-state index contributed by atoms with van der Waals surface area (Å²) in [5.41, 5.74) is 0.875. The molecule has 3 rings (SSSR count). The van der Waals surface area contributed by atoms with Gasteiger partial charge in [-0.25, -0.2) is 4.79 Å². The number of hydrogen-bond acceptors (Lipinski definition) is 2. The van der Waals surface area contributed by atoms with Crippen LogP contribution in [0.3, 0.4) is 0 Å². The van der Waals surface area contributed by atoms with E-state index in [1.54, 1.807) is 0 Å². The Morgan fingerprint density at radius 3 is 2.80 bits per heavy atom. The van der Waals surface area contributed by atoms with E-state index in [9.17, 15) is 4.79 Å². The maximum absolute atomic E-state index is 12.6. The van der Waals surface area contributed by atoms with E-state index in [1.807, 2.05) is 36.1 Å². The molecule has 4 nitrogen and oxygen atoms in total. The van der Waals surface area contributed by atoms with Crippen molar-refractivity contribution in [1.82, 2.24) is 5.32 Å². The number of carbonyl (C=O) groups excluding carboxylic acids is 1. The summed E-state index contributed by atoms with van der Waals surface area (Å²) >= 11 is 0. The first kappa shape index (κ1) is 13.3. The number of benzene rings is 1. The van der Waals surface area contributed by atoms with Crippen molar-refractivity contribution in [3.8, 4) is 5.75 Å². The van der Waals surface area contributed by atoms with E-state index in [0.717, 1.165) is 24.3 Å². The number of anilines is 1. The predicted molar refractivity (Wildman–Crippen MR) is 79.3 cm³/mol. The minimum Gasteiger partial charge on any atom is -0.489 e. The third-order valence-electron chi connectivity index (χ3n) is 4.20. The van der Waals surface area contributed by atoms with E-state index in [2.05, 4.69) is 5.32 Å². The van der Waals surface area contributed by atoms with Crippen molar-refractivity contribution in [2.75, 3.05) is 11.5 Å². The van der Waals surface area contributed by atoms with Gasteiger partial charge in [-0.1, -0.05) is 31.4 Å². The second-order valence-corrected chi connectivity index (χ2v) is 5.78. The van der Waals surface area contributed by atoms with Crippen LogP contribution in [0.15, 0.2) is 24.3 Å². The second kappa shape index (κ2) is 5.73. The maximum atomic E-state index is 12.6. The number of amides is 2. The van der Waals surface area contributed by atoms with Gasteiger partial charge in [-0.05, 0) is 31.9 Å². The van der Waals surface area contributed by atoms with Gasteiger partial charge in [0.2, 0.25) is 0 Å². The van der Waals surface area contributed by atoms with Gasteiger partial charge in [-0.3, -0.25) is 4.90 Å². The van der Waals surface area contributed by atoms with Crippen LogP contribution in [0, 0.1) is 0 Å². The first-order chi connectivity index (χ1) is 9.75. The lowest BCUT2D eigenvalue weighted by Gasteiger charge is -2.36. The molecule has 1 aliphatic heterocycles. The molecule has 1 unspecified atom stereocenters. The van der Waals surface area contributed by atoms with E-state index in [-0.39, 0.29) is 12.1 Å². The molecule has 0 spiro atoms. The molecule has 4 heteroatoms. The van der Waals surface area contributed by atoms with Crippen LogP contribution in [0.25, 0.3) is 0 Å². The van der Waals surface area contributed by atoms with Crippen LogP contribution >= 0.6 is 0 Å². The molecule has 0 bridgehead atoms. The van der Waals surface area contributed by atoms with Gasteiger partial charge in [-0.15, -0.1) is 0 Å². The number of fused-ring (bicyclic) bond motifs is 1. The summed E-state index contributed by atoms with van der Waals surface area (Å²) in [5, 5.41) is 3.19. The lowest BCUT2D eigenvalue weighted by Crippen LogP contribution is -2.52. The third-order valence-corrected chi connectivity index (χ3v) is 4.20. The minimum absolute atomic E-state index is 0.0140. The van der Waals surface area contributed by atoms with Gasteiger partial charge in [0.05, 0.1) is 11.7 Å². The lowest BCUT2D eigenvalue weighted by atomic mass is 9.96. The summed E-state index contributed by atoms with van der Waals surface area (Å²) < 4.78 is 5.68. The summed E-state index contributed by atoms with van der Waals surface area (Å²) in [6.07, 6.45) is 5.95. The molecule has 1 atom stereocenters. The second-order valence-electron chi connectivity index (χ2n) is 5.78. The van der Waals surface area contributed by atoms with Crippen LogP contribution < -0.4 is 15.0 Å². The normalized spacial score (nSPS) is 22.9. The molecule has 2 aliphatic rings. The molecule has 1 fully saturated rings. The largest absolute Gasteiger partial charge is 0.489 e. The average Bonchev–Trinajstić information content (AvgIpc) is 2.48. The van der Waals surface area contributed by atoms with Crippen LogP contribution in [0.4, 0.5) is 10.5 Å². The van der Waals surface area contributed by atoms with E-state index in [0.29, 0.717) is 12.6 Å². The summed E-state index contributed by atoms with van der Waals surface area (Å²) in [7, 11) is 0. The van der Waals surface area contributed by atoms with E-state index < -0.39 is 0 Å². The van der Waals surface area contributed by atoms with Crippen molar-refractivity contribution in [3.05, 3.63) is 24.3 Å². The highest BCUT2D eigenvalue weighted by Crippen LogP contribution is 2.33. The van der Waals surface area contributed by atoms with Crippen LogP contribution in [-0.2, 0) is 0 Å². The molecule has 1 aromatic rings. The Balaban J connectivity index is 1.76. The molecule has 0 saturated heterocycles. The summed E-state index contributed by atoms with van der Waals surface area (Å²) in [4.78, 5) is 14.4. The number of rotatable bonds is 1. The van der Waals surface area contributed by atoms with E-state index >= 15 is 0 Å². The maximum Gasteiger partial charge on any atom is 0.322 e. The van der Waals surface area contributed by atoms with Gasteiger partial charge in [0.1, 0.15) is 12.4 Å². The molecule has 0 radical (unpaired) electrons. The number of para-hydroxylation sites is 2. The molecule has 108 valence electrons. The van der Waals surface area contributed by atoms with Gasteiger partial charge in [0.15, 0.2) is 0 Å². The topological polar surface area (TPSA) is 41.6 Å². The minimum atomic E-state index is 0.0140. The van der Waals surface area contributed by atoms with Gasteiger partial charge in [-0.2, -0.15) is 0 Å². The van der Waals surface area contributed by atoms with E-state index in [4.69, 9.17) is 4.74 Å². The number of nitrogens with one attached hydrogen (secondary N) is 1. The number of ether oxygens (including phenoxy) is 1. The molecule has 1 aromatic carbocycles. The molecular weight excluding hydrogens is 252 g/mol. The fourth-order valence-corrected chi connectivity index (χ4v) is 3.10. The Morgan fingerprint density at radius 1 is 1.25 bits per heavy atom. The van der Waals surface area contributed by atoms with Crippen molar-refractivity contribution in [1.29, 1.82) is 0 Å². The number of nitrogens with zero attached hydrogens (tertiary/aromatic N) is 1. The highest BCUT2D eigenvalue weighted by atomic mass is 16.5. The van der Waals surface area contributed by atoms with E-state index in [1.165, 1.54) is 19.3 Å². The summed E-state index contributed by atoms with van der Waals surface area (Å²) in [6, 6.07) is 8.16. The number of hydrogen-bond donors (Lipinski definition) is 1. The molecule has 1 N–H and O–H groups in total. The zero-order valence-electron chi connectivity index (χ0n) is 12.0. The molecular formula is C16H22N2O2. The molecule has 1 saturated carbocycles. The van der Waals surface area contributed by atoms with Gasteiger partial charge >= 0.3 is 6.03 Å². The highest BCUT2D eigenvalue weighted by Gasteiger charge is 2.30. The van der Waals surface area contributed by atoms with Crippen molar-refractivity contribution in [2.45, 2.75) is 51.1 Å². The lowest BCUT2D eigenvalue weighted by molar-refractivity contribution is 0.223. The summed E-state index contributed by atoms with van der Waals surface area (Å²) in [5.74, 6) is 0.796. The Morgan fingerprint density at radius 2 is 2.00 bits per heavy atom. The van der Waals surface area contributed by atoms with Gasteiger partial charge < -0.3 is 10.1 Å². The van der Waals surface area contributed by atoms with Crippen molar-refractivity contribution < 1.29 is 9.53 Å².